The highest BCUT2D eigenvalue weighted by molar-refractivity contribution is 5.09. The molecule has 0 aliphatic carbocycles. The average molecular weight is 176 g/mol. The summed E-state index contributed by atoms with van der Waals surface area (Å²) in [7, 11) is 0. The van der Waals surface area contributed by atoms with E-state index in [1.54, 1.807) is 0 Å². The first-order chi connectivity index (χ1) is 5.79. The Balaban J connectivity index is 4.14. The summed E-state index contributed by atoms with van der Waals surface area (Å²) in [5.41, 5.74) is 0.339. The minimum Gasteiger partial charge on any atom is -0.495 e. The van der Waals surface area contributed by atoms with Crippen LogP contribution in [0.25, 0.3) is 0 Å². The zero-order valence-corrected chi connectivity index (χ0v) is 7.29. The minimum atomic E-state index is -0.282. The molecule has 0 fully saturated rings. The predicted molar refractivity (Wildman–Crippen MR) is 44.5 cm³/mol. The Morgan fingerprint density at radius 1 is 1.08 bits per heavy atom. The average Bonchev–Trinajstić information content (AvgIpc) is 2.12. The molecular weight excluding hydrogens is 160 g/mol. The molecule has 0 saturated carbocycles. The molecule has 4 nitrogen and oxygen atoms in total. The van der Waals surface area contributed by atoms with Crippen molar-refractivity contribution in [2.24, 2.45) is 0 Å². The summed E-state index contributed by atoms with van der Waals surface area (Å²) < 4.78 is 5.09. The Morgan fingerprint density at radius 2 is 1.67 bits per heavy atom. The summed E-state index contributed by atoms with van der Waals surface area (Å²) in [5, 5.41) is 26.2. The SMILES string of the molecule is CCCOC(CO)=C(CO)CO. The molecule has 0 aliphatic rings. The van der Waals surface area contributed by atoms with E-state index in [1.807, 2.05) is 6.92 Å². The molecule has 0 heterocycles. The van der Waals surface area contributed by atoms with E-state index in [9.17, 15) is 0 Å². The highest BCUT2D eigenvalue weighted by atomic mass is 16.5. The molecule has 0 aromatic heterocycles. The van der Waals surface area contributed by atoms with Crippen molar-refractivity contribution < 1.29 is 20.1 Å². The van der Waals surface area contributed by atoms with Crippen molar-refractivity contribution >= 4 is 0 Å². The fraction of sp³-hybridized carbons (Fsp3) is 0.750. The van der Waals surface area contributed by atoms with Crippen LogP contribution in [0.5, 0.6) is 0 Å². The standard InChI is InChI=1S/C8H16O4/c1-2-3-12-8(6-11)7(4-9)5-10/h9-11H,2-6H2,1H3. The van der Waals surface area contributed by atoms with Gasteiger partial charge in [0.2, 0.25) is 0 Å². The van der Waals surface area contributed by atoms with Gasteiger partial charge < -0.3 is 20.1 Å². The fourth-order valence-electron chi connectivity index (χ4n) is 0.711. The molecule has 0 radical (unpaired) electrons. The van der Waals surface area contributed by atoms with E-state index in [-0.39, 0.29) is 25.6 Å². The summed E-state index contributed by atoms with van der Waals surface area (Å²) in [5.74, 6) is 0.279. The molecule has 0 atom stereocenters. The lowest BCUT2D eigenvalue weighted by molar-refractivity contribution is 0.147. The van der Waals surface area contributed by atoms with E-state index in [0.29, 0.717) is 12.2 Å². The lowest BCUT2D eigenvalue weighted by atomic mass is 10.2. The van der Waals surface area contributed by atoms with Gasteiger partial charge in [-0.3, -0.25) is 0 Å². The quantitative estimate of drug-likeness (QED) is 0.483. The molecule has 0 amide bonds. The van der Waals surface area contributed by atoms with Crippen LogP contribution in [-0.4, -0.2) is 41.7 Å². The van der Waals surface area contributed by atoms with Crippen molar-refractivity contribution in [1.29, 1.82) is 0 Å². The van der Waals surface area contributed by atoms with Crippen LogP contribution in [0.15, 0.2) is 11.3 Å². The van der Waals surface area contributed by atoms with Crippen molar-refractivity contribution in [3.05, 3.63) is 11.3 Å². The van der Waals surface area contributed by atoms with Gasteiger partial charge in [-0.1, -0.05) is 6.92 Å². The van der Waals surface area contributed by atoms with E-state index in [1.165, 1.54) is 0 Å². The van der Waals surface area contributed by atoms with Crippen molar-refractivity contribution in [3.63, 3.8) is 0 Å². The molecular formula is C8H16O4. The van der Waals surface area contributed by atoms with Crippen molar-refractivity contribution in [3.8, 4) is 0 Å². The molecule has 12 heavy (non-hydrogen) atoms. The Bertz CT molecular complexity index is 136. The molecule has 0 aliphatic heterocycles. The van der Waals surface area contributed by atoms with Gasteiger partial charge in [0.25, 0.3) is 0 Å². The molecule has 3 N–H and O–H groups in total. The minimum absolute atomic E-state index is 0.279. The van der Waals surface area contributed by atoms with E-state index in [0.717, 1.165) is 6.42 Å². The zero-order valence-electron chi connectivity index (χ0n) is 7.29. The Hall–Kier alpha value is -0.580. The smallest absolute Gasteiger partial charge is 0.125 e. The van der Waals surface area contributed by atoms with Crippen LogP contribution in [0.1, 0.15) is 13.3 Å². The second-order valence-electron chi connectivity index (χ2n) is 2.35. The van der Waals surface area contributed by atoms with Gasteiger partial charge in [-0.2, -0.15) is 0 Å². The molecule has 0 spiro atoms. The second kappa shape index (κ2) is 7.09. The lowest BCUT2D eigenvalue weighted by Gasteiger charge is -2.10. The number of aliphatic hydroxyl groups excluding tert-OH is 3. The van der Waals surface area contributed by atoms with Gasteiger partial charge >= 0.3 is 0 Å². The third kappa shape index (κ3) is 3.71. The number of ether oxygens (including phenoxy) is 1. The highest BCUT2D eigenvalue weighted by Gasteiger charge is 2.04. The Kier molecular flexibility index (Phi) is 6.75. The van der Waals surface area contributed by atoms with Crippen LogP contribution >= 0.6 is 0 Å². The van der Waals surface area contributed by atoms with Gasteiger partial charge in [0.15, 0.2) is 0 Å². The van der Waals surface area contributed by atoms with E-state index >= 15 is 0 Å². The van der Waals surface area contributed by atoms with Crippen LogP contribution in [0.3, 0.4) is 0 Å². The van der Waals surface area contributed by atoms with Gasteiger partial charge in [0.05, 0.1) is 19.8 Å². The molecule has 0 unspecified atom stereocenters. The first-order valence-corrected chi connectivity index (χ1v) is 3.96. The molecule has 4 heteroatoms. The molecule has 0 saturated heterocycles. The van der Waals surface area contributed by atoms with Crippen LogP contribution in [0.4, 0.5) is 0 Å². The molecule has 0 bridgehead atoms. The van der Waals surface area contributed by atoms with Crippen LogP contribution in [-0.2, 0) is 4.74 Å². The van der Waals surface area contributed by atoms with Crippen molar-refractivity contribution in [2.45, 2.75) is 13.3 Å². The lowest BCUT2D eigenvalue weighted by Crippen LogP contribution is -2.08. The maximum absolute atomic E-state index is 8.78. The van der Waals surface area contributed by atoms with Crippen molar-refractivity contribution in [1.82, 2.24) is 0 Å². The normalized spacial score (nSPS) is 9.67. The molecule has 0 aromatic carbocycles. The van der Waals surface area contributed by atoms with Gasteiger partial charge in [-0.05, 0) is 6.42 Å². The summed E-state index contributed by atoms with van der Waals surface area (Å²) in [6, 6.07) is 0. The maximum Gasteiger partial charge on any atom is 0.125 e. The highest BCUT2D eigenvalue weighted by Crippen LogP contribution is 2.05. The topological polar surface area (TPSA) is 69.9 Å². The monoisotopic (exact) mass is 176 g/mol. The predicted octanol–water partition coefficient (Wildman–Crippen LogP) is -0.356. The molecule has 72 valence electrons. The van der Waals surface area contributed by atoms with Crippen molar-refractivity contribution in [2.75, 3.05) is 26.4 Å². The number of hydrogen-bond acceptors (Lipinski definition) is 4. The summed E-state index contributed by atoms with van der Waals surface area (Å²) in [6.07, 6.45) is 0.827. The van der Waals surface area contributed by atoms with Gasteiger partial charge in [-0.25, -0.2) is 0 Å². The van der Waals surface area contributed by atoms with Gasteiger partial charge in [0.1, 0.15) is 12.4 Å². The summed E-state index contributed by atoms with van der Waals surface area (Å²) >= 11 is 0. The van der Waals surface area contributed by atoms with Gasteiger partial charge in [0, 0.05) is 5.57 Å². The van der Waals surface area contributed by atoms with Gasteiger partial charge in [-0.15, -0.1) is 0 Å². The fourth-order valence-corrected chi connectivity index (χ4v) is 0.711. The van der Waals surface area contributed by atoms with E-state index in [2.05, 4.69) is 0 Å². The van der Waals surface area contributed by atoms with E-state index in [4.69, 9.17) is 20.1 Å². The molecule has 0 rings (SSSR count). The maximum atomic E-state index is 8.78. The first kappa shape index (κ1) is 11.4. The second-order valence-corrected chi connectivity index (χ2v) is 2.35. The number of aliphatic hydroxyl groups is 3. The third-order valence-corrected chi connectivity index (χ3v) is 1.40. The first-order valence-electron chi connectivity index (χ1n) is 3.96. The summed E-state index contributed by atoms with van der Waals surface area (Å²) in [4.78, 5) is 0. The van der Waals surface area contributed by atoms with Crippen LogP contribution < -0.4 is 0 Å². The van der Waals surface area contributed by atoms with E-state index < -0.39 is 0 Å². The van der Waals surface area contributed by atoms with Crippen LogP contribution in [0.2, 0.25) is 0 Å². The number of rotatable bonds is 6. The third-order valence-electron chi connectivity index (χ3n) is 1.40. The summed E-state index contributed by atoms with van der Waals surface area (Å²) in [6.45, 7) is 1.58. The zero-order chi connectivity index (χ0) is 9.40. The largest absolute Gasteiger partial charge is 0.495 e. The molecule has 0 aromatic rings. The Labute approximate surface area is 72.1 Å². The van der Waals surface area contributed by atoms with Crippen LogP contribution in [0, 0.1) is 0 Å². The number of hydrogen-bond donors (Lipinski definition) is 3. The Morgan fingerprint density at radius 3 is 2.00 bits per heavy atom.